The molecule has 0 radical (unpaired) electrons. The van der Waals surface area contributed by atoms with E-state index in [0.29, 0.717) is 22.4 Å². The van der Waals surface area contributed by atoms with E-state index < -0.39 is 0 Å². The van der Waals surface area contributed by atoms with Gasteiger partial charge in [0.25, 0.3) is 0 Å². The van der Waals surface area contributed by atoms with E-state index in [0.717, 1.165) is 11.1 Å². The molecule has 0 fully saturated rings. The van der Waals surface area contributed by atoms with E-state index in [9.17, 15) is 14.7 Å². The van der Waals surface area contributed by atoms with Gasteiger partial charge in [0, 0.05) is 16.7 Å². The minimum absolute atomic E-state index is 0.0662. The van der Waals surface area contributed by atoms with Gasteiger partial charge < -0.3 is 9.84 Å². The van der Waals surface area contributed by atoms with E-state index in [2.05, 4.69) is 0 Å². The SMILES string of the molecule is COc1cc(-c2cc(O)c3c(c2)C(=O)c2ccccc2C3=O)ccc1C. The van der Waals surface area contributed by atoms with E-state index in [4.69, 9.17) is 4.74 Å². The van der Waals surface area contributed by atoms with Crippen LogP contribution < -0.4 is 4.74 Å². The predicted molar refractivity (Wildman–Crippen MR) is 98.1 cm³/mol. The molecular weight excluding hydrogens is 328 g/mol. The summed E-state index contributed by atoms with van der Waals surface area (Å²) >= 11 is 0. The summed E-state index contributed by atoms with van der Waals surface area (Å²) in [5.41, 5.74) is 3.41. The minimum atomic E-state index is -0.333. The maximum absolute atomic E-state index is 12.9. The Hall–Kier alpha value is -3.40. The lowest BCUT2D eigenvalue weighted by Crippen LogP contribution is -2.21. The fourth-order valence-electron chi connectivity index (χ4n) is 3.37. The number of phenolic OH excluding ortho intramolecular Hbond substituents is 1. The number of carbonyl (C=O) groups is 2. The van der Waals surface area contributed by atoms with Crippen LogP contribution in [0.4, 0.5) is 0 Å². The number of aryl methyl sites for hydroxylation is 1. The predicted octanol–water partition coefficient (Wildman–Crippen LogP) is 4.15. The number of ketones is 2. The molecule has 0 heterocycles. The molecule has 4 nitrogen and oxygen atoms in total. The molecule has 0 aromatic heterocycles. The second kappa shape index (κ2) is 5.85. The Bertz CT molecular complexity index is 1080. The average Bonchev–Trinajstić information content (AvgIpc) is 2.66. The van der Waals surface area contributed by atoms with Gasteiger partial charge in [-0.3, -0.25) is 9.59 Å². The first-order valence-electron chi connectivity index (χ1n) is 8.21. The summed E-state index contributed by atoms with van der Waals surface area (Å²) in [4.78, 5) is 25.6. The van der Waals surface area contributed by atoms with Crippen molar-refractivity contribution in [3.8, 4) is 22.6 Å². The summed E-state index contributed by atoms with van der Waals surface area (Å²) < 4.78 is 5.35. The Morgan fingerprint density at radius 1 is 0.808 bits per heavy atom. The summed E-state index contributed by atoms with van der Waals surface area (Å²) in [6.45, 7) is 1.94. The summed E-state index contributed by atoms with van der Waals surface area (Å²) in [7, 11) is 1.59. The summed E-state index contributed by atoms with van der Waals surface area (Å²) in [5, 5.41) is 10.5. The second-order valence-corrected chi connectivity index (χ2v) is 6.31. The van der Waals surface area contributed by atoms with Crippen LogP contribution in [0.3, 0.4) is 0 Å². The normalized spacial score (nSPS) is 12.5. The van der Waals surface area contributed by atoms with Crippen LogP contribution in [0.15, 0.2) is 54.6 Å². The zero-order valence-corrected chi connectivity index (χ0v) is 14.4. The number of carbonyl (C=O) groups excluding carboxylic acids is 2. The second-order valence-electron chi connectivity index (χ2n) is 6.31. The maximum Gasteiger partial charge on any atom is 0.198 e. The quantitative estimate of drug-likeness (QED) is 0.593. The number of aromatic hydroxyl groups is 1. The zero-order valence-electron chi connectivity index (χ0n) is 14.4. The molecule has 4 rings (SSSR count). The van der Waals surface area contributed by atoms with E-state index in [1.165, 1.54) is 6.07 Å². The number of hydrogen-bond acceptors (Lipinski definition) is 4. The molecule has 0 saturated carbocycles. The zero-order chi connectivity index (χ0) is 18.4. The number of phenols is 1. The Labute approximate surface area is 150 Å². The van der Waals surface area contributed by atoms with Crippen LogP contribution in [0, 0.1) is 6.92 Å². The Morgan fingerprint density at radius 3 is 2.19 bits per heavy atom. The fraction of sp³-hybridized carbons (Fsp3) is 0.0909. The van der Waals surface area contributed by atoms with E-state index >= 15 is 0 Å². The Balaban J connectivity index is 1.92. The van der Waals surface area contributed by atoms with Crippen LogP contribution in [-0.2, 0) is 0 Å². The number of ether oxygens (including phenoxy) is 1. The third-order valence-corrected chi connectivity index (χ3v) is 4.75. The smallest absolute Gasteiger partial charge is 0.198 e. The van der Waals surface area contributed by atoms with Crippen molar-refractivity contribution in [2.24, 2.45) is 0 Å². The van der Waals surface area contributed by atoms with Gasteiger partial charge >= 0.3 is 0 Å². The van der Waals surface area contributed by atoms with Gasteiger partial charge in [-0.1, -0.05) is 36.4 Å². The molecule has 1 aliphatic rings. The van der Waals surface area contributed by atoms with E-state index in [1.54, 1.807) is 37.4 Å². The van der Waals surface area contributed by atoms with Gasteiger partial charge in [-0.15, -0.1) is 0 Å². The highest BCUT2D eigenvalue weighted by molar-refractivity contribution is 6.29. The summed E-state index contributed by atoms with van der Waals surface area (Å²) in [6, 6.07) is 15.5. The Kier molecular flexibility index (Phi) is 3.62. The van der Waals surface area contributed by atoms with Gasteiger partial charge in [-0.25, -0.2) is 0 Å². The molecule has 3 aromatic carbocycles. The summed E-state index contributed by atoms with van der Waals surface area (Å²) in [6.07, 6.45) is 0. The van der Waals surface area contributed by atoms with Crippen LogP contribution in [0.5, 0.6) is 11.5 Å². The average molecular weight is 344 g/mol. The Morgan fingerprint density at radius 2 is 1.50 bits per heavy atom. The molecule has 0 bridgehead atoms. The number of hydrogen-bond donors (Lipinski definition) is 1. The van der Waals surface area contributed by atoms with Gasteiger partial charge in [-0.05, 0) is 41.8 Å². The summed E-state index contributed by atoms with van der Waals surface area (Å²) in [5.74, 6) is -0.0653. The molecule has 1 N–H and O–H groups in total. The van der Waals surface area contributed by atoms with Crippen molar-refractivity contribution in [1.82, 2.24) is 0 Å². The fourth-order valence-corrected chi connectivity index (χ4v) is 3.37. The van der Waals surface area contributed by atoms with Crippen LogP contribution in [0.25, 0.3) is 11.1 Å². The molecule has 0 atom stereocenters. The molecular formula is C22H16O4. The number of benzene rings is 3. The topological polar surface area (TPSA) is 63.6 Å². The molecule has 26 heavy (non-hydrogen) atoms. The minimum Gasteiger partial charge on any atom is -0.507 e. The molecule has 0 amide bonds. The standard InChI is InChI=1S/C22H16O4/c1-12-7-8-13(11-19(12)26-2)14-9-17-20(18(23)10-14)22(25)16-6-4-3-5-15(16)21(17)24/h3-11,23H,1-2H3. The molecule has 0 unspecified atom stereocenters. The van der Waals surface area contributed by atoms with Crippen molar-refractivity contribution >= 4 is 11.6 Å². The van der Waals surface area contributed by atoms with Gasteiger partial charge in [0.05, 0.1) is 12.7 Å². The van der Waals surface area contributed by atoms with Gasteiger partial charge in [0.1, 0.15) is 11.5 Å². The van der Waals surface area contributed by atoms with Crippen LogP contribution in [0.2, 0.25) is 0 Å². The first-order chi connectivity index (χ1) is 12.5. The monoisotopic (exact) mass is 344 g/mol. The molecule has 0 spiro atoms. The van der Waals surface area contributed by atoms with E-state index in [1.807, 2.05) is 25.1 Å². The van der Waals surface area contributed by atoms with Crippen molar-refractivity contribution in [1.29, 1.82) is 0 Å². The highest BCUT2D eigenvalue weighted by Crippen LogP contribution is 2.37. The number of methoxy groups -OCH3 is 1. The third kappa shape index (κ3) is 2.30. The van der Waals surface area contributed by atoms with Crippen molar-refractivity contribution in [2.75, 3.05) is 7.11 Å². The van der Waals surface area contributed by atoms with Crippen LogP contribution in [0.1, 0.15) is 37.4 Å². The molecule has 1 aliphatic carbocycles. The highest BCUT2D eigenvalue weighted by atomic mass is 16.5. The largest absolute Gasteiger partial charge is 0.507 e. The number of fused-ring (bicyclic) bond motifs is 2. The lowest BCUT2D eigenvalue weighted by Gasteiger charge is -2.19. The van der Waals surface area contributed by atoms with Crippen molar-refractivity contribution in [3.05, 3.63) is 82.4 Å². The van der Waals surface area contributed by atoms with Crippen molar-refractivity contribution < 1.29 is 19.4 Å². The lowest BCUT2D eigenvalue weighted by atomic mass is 9.82. The lowest BCUT2D eigenvalue weighted by molar-refractivity contribution is 0.0976. The molecule has 0 saturated heterocycles. The van der Waals surface area contributed by atoms with Crippen LogP contribution >= 0.6 is 0 Å². The van der Waals surface area contributed by atoms with E-state index in [-0.39, 0.29) is 28.4 Å². The van der Waals surface area contributed by atoms with Gasteiger partial charge in [0.2, 0.25) is 0 Å². The maximum atomic E-state index is 12.9. The molecule has 0 aliphatic heterocycles. The first-order valence-corrected chi connectivity index (χ1v) is 8.21. The van der Waals surface area contributed by atoms with Crippen molar-refractivity contribution in [2.45, 2.75) is 6.92 Å². The van der Waals surface area contributed by atoms with Crippen LogP contribution in [-0.4, -0.2) is 23.8 Å². The van der Waals surface area contributed by atoms with Gasteiger partial charge in [-0.2, -0.15) is 0 Å². The van der Waals surface area contributed by atoms with Gasteiger partial charge in [0.15, 0.2) is 11.6 Å². The molecule has 3 aromatic rings. The molecule has 4 heteroatoms. The first kappa shape index (κ1) is 16.1. The third-order valence-electron chi connectivity index (χ3n) is 4.75. The van der Waals surface area contributed by atoms with Crippen molar-refractivity contribution in [3.63, 3.8) is 0 Å². The highest BCUT2D eigenvalue weighted by Gasteiger charge is 2.32. The number of rotatable bonds is 2. The molecule has 128 valence electrons.